The van der Waals surface area contributed by atoms with Gasteiger partial charge in [-0.1, -0.05) is 12.1 Å². The van der Waals surface area contributed by atoms with Gasteiger partial charge in [-0.2, -0.15) is 0 Å². The van der Waals surface area contributed by atoms with Crippen LogP contribution in [0.25, 0.3) is 0 Å². The quantitative estimate of drug-likeness (QED) is 0.858. The Labute approximate surface area is 107 Å². The molecule has 0 saturated carbocycles. The fourth-order valence-corrected chi connectivity index (χ4v) is 2.23. The minimum atomic E-state index is -1.01. The summed E-state index contributed by atoms with van der Waals surface area (Å²) in [5, 5.41) is 8.62. The molecule has 1 amide bonds. The molecule has 0 fully saturated rings. The fourth-order valence-electron chi connectivity index (χ4n) is 1.37. The summed E-state index contributed by atoms with van der Waals surface area (Å²) in [6, 6.07) is 5.53. The van der Waals surface area contributed by atoms with Crippen molar-refractivity contribution in [2.24, 2.45) is 0 Å². The third kappa shape index (κ3) is 2.94. The Morgan fingerprint density at radius 3 is 2.56 bits per heavy atom. The molecule has 0 unspecified atom stereocenters. The highest BCUT2D eigenvalue weighted by molar-refractivity contribution is 14.1. The molecule has 0 aromatic heterocycles. The lowest BCUT2D eigenvalue weighted by molar-refractivity contribution is -0.137. The van der Waals surface area contributed by atoms with E-state index in [1.54, 1.807) is 0 Å². The normalized spacial score (nSPS) is 9.94. The van der Waals surface area contributed by atoms with Crippen LogP contribution in [0.4, 0.5) is 0 Å². The highest BCUT2D eigenvalue weighted by atomic mass is 127. The van der Waals surface area contributed by atoms with Crippen LogP contribution in [0.5, 0.6) is 0 Å². The largest absolute Gasteiger partial charge is 0.480 e. The molecule has 1 aromatic carbocycles. The van der Waals surface area contributed by atoms with Crippen molar-refractivity contribution in [2.45, 2.75) is 6.92 Å². The monoisotopic (exact) mass is 333 g/mol. The van der Waals surface area contributed by atoms with Crippen LogP contribution in [0, 0.1) is 10.5 Å². The first-order valence-electron chi connectivity index (χ1n) is 4.66. The Morgan fingerprint density at radius 2 is 2.06 bits per heavy atom. The van der Waals surface area contributed by atoms with Gasteiger partial charge in [-0.05, 0) is 41.1 Å². The average molecular weight is 333 g/mol. The SMILES string of the molecule is Cc1cccc(I)c1C(=O)N(C)CC(=O)O. The second-order valence-corrected chi connectivity index (χ2v) is 4.65. The molecule has 1 rings (SSSR count). The summed E-state index contributed by atoms with van der Waals surface area (Å²) in [6.45, 7) is 1.55. The van der Waals surface area contributed by atoms with E-state index in [1.807, 2.05) is 25.1 Å². The number of carboxylic acid groups (broad SMARTS) is 1. The average Bonchev–Trinajstić information content (AvgIpc) is 2.16. The summed E-state index contributed by atoms with van der Waals surface area (Å²) in [7, 11) is 1.49. The first kappa shape index (κ1) is 13.0. The predicted molar refractivity (Wildman–Crippen MR) is 68.5 cm³/mol. The number of aliphatic carboxylic acids is 1. The molecule has 0 heterocycles. The molecule has 0 aliphatic carbocycles. The van der Waals surface area contributed by atoms with E-state index in [1.165, 1.54) is 11.9 Å². The van der Waals surface area contributed by atoms with E-state index in [2.05, 4.69) is 22.6 Å². The number of likely N-dealkylation sites (N-methyl/N-ethyl adjacent to an activating group) is 1. The Bertz CT molecular complexity index is 411. The summed E-state index contributed by atoms with van der Waals surface area (Å²) < 4.78 is 0.833. The molecule has 0 aliphatic heterocycles. The zero-order valence-electron chi connectivity index (χ0n) is 9.03. The van der Waals surface area contributed by atoms with E-state index < -0.39 is 5.97 Å². The van der Waals surface area contributed by atoms with E-state index in [-0.39, 0.29) is 12.5 Å². The van der Waals surface area contributed by atoms with Gasteiger partial charge < -0.3 is 10.0 Å². The molecule has 0 atom stereocenters. The smallest absolute Gasteiger partial charge is 0.323 e. The number of hydrogen-bond donors (Lipinski definition) is 1. The first-order valence-corrected chi connectivity index (χ1v) is 5.73. The summed E-state index contributed by atoms with van der Waals surface area (Å²) in [4.78, 5) is 23.7. The van der Waals surface area contributed by atoms with Gasteiger partial charge in [0.2, 0.25) is 0 Å². The summed E-state index contributed by atoms with van der Waals surface area (Å²) in [5.41, 5.74) is 1.43. The molecule has 0 aliphatic rings. The lowest BCUT2D eigenvalue weighted by Crippen LogP contribution is -2.32. The summed E-state index contributed by atoms with van der Waals surface area (Å²) in [6.07, 6.45) is 0. The Morgan fingerprint density at radius 1 is 1.44 bits per heavy atom. The van der Waals surface area contributed by atoms with Crippen molar-refractivity contribution in [1.82, 2.24) is 4.90 Å². The maximum absolute atomic E-state index is 12.0. The predicted octanol–water partition coefficient (Wildman–Crippen LogP) is 1.76. The van der Waals surface area contributed by atoms with Gasteiger partial charge in [-0.3, -0.25) is 9.59 Å². The molecular weight excluding hydrogens is 321 g/mol. The molecule has 0 spiro atoms. The van der Waals surface area contributed by atoms with Gasteiger partial charge in [0.15, 0.2) is 0 Å². The molecule has 16 heavy (non-hydrogen) atoms. The number of benzene rings is 1. The van der Waals surface area contributed by atoms with E-state index in [0.717, 1.165) is 9.13 Å². The van der Waals surface area contributed by atoms with Crippen LogP contribution < -0.4 is 0 Å². The van der Waals surface area contributed by atoms with Crippen molar-refractivity contribution in [3.8, 4) is 0 Å². The topological polar surface area (TPSA) is 57.6 Å². The van der Waals surface area contributed by atoms with Gasteiger partial charge in [0.05, 0.1) is 5.56 Å². The van der Waals surface area contributed by atoms with Crippen molar-refractivity contribution < 1.29 is 14.7 Å². The molecule has 0 saturated heterocycles. The van der Waals surface area contributed by atoms with Crippen LogP contribution in [-0.4, -0.2) is 35.5 Å². The third-order valence-corrected chi connectivity index (χ3v) is 3.05. The van der Waals surface area contributed by atoms with Crippen molar-refractivity contribution in [1.29, 1.82) is 0 Å². The summed E-state index contributed by atoms with van der Waals surface area (Å²) >= 11 is 2.07. The molecule has 5 heteroatoms. The van der Waals surface area contributed by atoms with Crippen LogP contribution in [0.15, 0.2) is 18.2 Å². The maximum Gasteiger partial charge on any atom is 0.323 e. The second-order valence-electron chi connectivity index (χ2n) is 3.49. The molecule has 0 radical (unpaired) electrons. The highest BCUT2D eigenvalue weighted by Gasteiger charge is 2.18. The van der Waals surface area contributed by atoms with E-state index in [9.17, 15) is 9.59 Å². The van der Waals surface area contributed by atoms with Crippen molar-refractivity contribution >= 4 is 34.5 Å². The van der Waals surface area contributed by atoms with E-state index >= 15 is 0 Å². The molecule has 1 aromatic rings. The number of amides is 1. The lowest BCUT2D eigenvalue weighted by Gasteiger charge is -2.16. The lowest BCUT2D eigenvalue weighted by atomic mass is 10.1. The molecular formula is C11H12INO3. The van der Waals surface area contributed by atoms with E-state index in [0.29, 0.717) is 5.56 Å². The van der Waals surface area contributed by atoms with Gasteiger partial charge in [0.1, 0.15) is 6.54 Å². The number of halogens is 1. The molecule has 0 bridgehead atoms. The number of aryl methyl sites for hydroxylation is 1. The highest BCUT2D eigenvalue weighted by Crippen LogP contribution is 2.17. The number of nitrogens with zero attached hydrogens (tertiary/aromatic N) is 1. The van der Waals surface area contributed by atoms with Crippen LogP contribution in [0.1, 0.15) is 15.9 Å². The zero-order valence-corrected chi connectivity index (χ0v) is 11.2. The minimum absolute atomic E-state index is 0.259. The van der Waals surface area contributed by atoms with Crippen LogP contribution in [0.2, 0.25) is 0 Å². The minimum Gasteiger partial charge on any atom is -0.480 e. The molecule has 86 valence electrons. The van der Waals surface area contributed by atoms with Crippen molar-refractivity contribution in [3.63, 3.8) is 0 Å². The van der Waals surface area contributed by atoms with Crippen LogP contribution in [0.3, 0.4) is 0 Å². The number of carbonyl (C=O) groups excluding carboxylic acids is 1. The van der Waals surface area contributed by atoms with Gasteiger partial charge >= 0.3 is 5.97 Å². The molecule has 4 nitrogen and oxygen atoms in total. The fraction of sp³-hybridized carbons (Fsp3) is 0.273. The Kier molecular flexibility index (Phi) is 4.28. The van der Waals surface area contributed by atoms with Gasteiger partial charge in [-0.25, -0.2) is 0 Å². The van der Waals surface area contributed by atoms with E-state index in [4.69, 9.17) is 5.11 Å². The zero-order chi connectivity index (χ0) is 12.3. The van der Waals surface area contributed by atoms with Crippen molar-refractivity contribution in [2.75, 3.05) is 13.6 Å². The maximum atomic E-state index is 12.0. The Hall–Kier alpha value is -1.11. The van der Waals surface area contributed by atoms with Crippen molar-refractivity contribution in [3.05, 3.63) is 32.9 Å². The van der Waals surface area contributed by atoms with Gasteiger partial charge in [0.25, 0.3) is 5.91 Å². The Balaban J connectivity index is 3.00. The molecule has 1 N–H and O–H groups in total. The first-order chi connectivity index (χ1) is 7.43. The summed E-state index contributed by atoms with van der Waals surface area (Å²) in [5.74, 6) is -1.27. The van der Waals surface area contributed by atoms with Crippen LogP contribution >= 0.6 is 22.6 Å². The number of hydrogen-bond acceptors (Lipinski definition) is 2. The standard InChI is InChI=1S/C11H12INO3/c1-7-4-3-5-8(12)10(7)11(16)13(2)6-9(14)15/h3-5H,6H2,1-2H3,(H,14,15). The number of rotatable bonds is 3. The number of carboxylic acids is 1. The second kappa shape index (κ2) is 5.29. The third-order valence-electron chi connectivity index (χ3n) is 2.15. The van der Waals surface area contributed by atoms with Gasteiger partial charge in [-0.15, -0.1) is 0 Å². The number of carbonyl (C=O) groups is 2. The van der Waals surface area contributed by atoms with Crippen LogP contribution in [-0.2, 0) is 4.79 Å². The van der Waals surface area contributed by atoms with Gasteiger partial charge in [0, 0.05) is 10.6 Å².